The van der Waals surface area contributed by atoms with Gasteiger partial charge in [0.05, 0.1) is 0 Å². The molecule has 0 radical (unpaired) electrons. The Morgan fingerprint density at radius 2 is 1.29 bits per heavy atom. The number of alkyl halides is 2. The monoisotopic (exact) mass is 386 g/mol. The van der Waals surface area contributed by atoms with Crippen molar-refractivity contribution in [2.24, 2.45) is 0 Å². The molecule has 0 heterocycles. The van der Waals surface area contributed by atoms with Crippen LogP contribution in [-0.2, 0) is 16.0 Å². The van der Waals surface area contributed by atoms with Crippen molar-refractivity contribution in [1.29, 1.82) is 0 Å². The average Bonchev–Trinajstić information content (AvgIpc) is 2.69. The fraction of sp³-hybridized carbons (Fsp3) is 0.273. The number of aryl methyl sites for hydroxylation is 1. The van der Waals surface area contributed by atoms with Crippen molar-refractivity contribution in [1.82, 2.24) is 0 Å². The van der Waals surface area contributed by atoms with Gasteiger partial charge in [-0.05, 0) is 31.9 Å². The van der Waals surface area contributed by atoms with E-state index in [0.717, 1.165) is 19.4 Å². The fourth-order valence-electron chi connectivity index (χ4n) is 2.95. The molecule has 0 aliphatic carbocycles. The summed E-state index contributed by atoms with van der Waals surface area (Å²) in [6.45, 7) is 4.16. The maximum atomic E-state index is 13.5. The van der Waals surface area contributed by atoms with Crippen LogP contribution in [0.4, 0.5) is 8.78 Å². The first-order valence-electron chi connectivity index (χ1n) is 9.02. The number of benzene rings is 3. The number of halogens is 2. The smallest absolute Gasteiger partial charge is 0.345 e. The molecular formula is C22H20F2O4. The highest BCUT2D eigenvalue weighted by Gasteiger charge is 2.23. The van der Waals surface area contributed by atoms with Gasteiger partial charge in [-0.25, -0.2) is 18.4 Å². The number of carbonyl (C=O) groups is 2. The lowest BCUT2D eigenvalue weighted by Crippen LogP contribution is -2.20. The predicted molar refractivity (Wildman–Crippen MR) is 103 cm³/mol. The van der Waals surface area contributed by atoms with E-state index >= 15 is 0 Å². The van der Waals surface area contributed by atoms with Crippen LogP contribution >= 0.6 is 0 Å². The summed E-state index contributed by atoms with van der Waals surface area (Å²) >= 11 is 0. The molecule has 0 aliphatic rings. The Morgan fingerprint density at radius 1 is 0.821 bits per heavy atom. The summed E-state index contributed by atoms with van der Waals surface area (Å²) in [5, 5.41) is 1.88. The van der Waals surface area contributed by atoms with Gasteiger partial charge in [-0.2, -0.15) is 0 Å². The number of ether oxygens (including phenoxy) is 2. The van der Waals surface area contributed by atoms with Crippen LogP contribution in [-0.4, -0.2) is 24.3 Å². The van der Waals surface area contributed by atoms with Crippen LogP contribution < -0.4 is 9.47 Å². The normalized spacial score (nSPS) is 13.3. The van der Waals surface area contributed by atoms with Gasteiger partial charge in [0.1, 0.15) is 11.5 Å². The van der Waals surface area contributed by atoms with Gasteiger partial charge < -0.3 is 9.47 Å². The highest BCUT2D eigenvalue weighted by molar-refractivity contribution is 6.13. The topological polar surface area (TPSA) is 52.6 Å². The first kappa shape index (κ1) is 19.7. The van der Waals surface area contributed by atoms with Crippen molar-refractivity contribution in [3.05, 3.63) is 48.0 Å². The SMILES string of the molecule is CCc1ccc2c(OC(=O)C(C)F)c3ccccc3c(OC(=O)C(C)F)c2c1. The highest BCUT2D eigenvalue weighted by Crippen LogP contribution is 2.43. The number of hydrogen-bond donors (Lipinski definition) is 0. The zero-order chi connectivity index (χ0) is 20.4. The minimum atomic E-state index is -1.80. The summed E-state index contributed by atoms with van der Waals surface area (Å²) in [4.78, 5) is 23.9. The van der Waals surface area contributed by atoms with Crippen molar-refractivity contribution in [3.8, 4) is 11.5 Å². The lowest BCUT2D eigenvalue weighted by Gasteiger charge is -2.17. The third-order valence-corrected chi connectivity index (χ3v) is 4.45. The second-order valence-corrected chi connectivity index (χ2v) is 6.51. The molecule has 0 fully saturated rings. The van der Waals surface area contributed by atoms with Gasteiger partial charge in [0.15, 0.2) is 12.3 Å². The molecule has 0 saturated carbocycles. The first-order valence-corrected chi connectivity index (χ1v) is 9.02. The van der Waals surface area contributed by atoms with E-state index in [-0.39, 0.29) is 11.5 Å². The Bertz CT molecular complexity index is 1060. The van der Waals surface area contributed by atoms with Crippen molar-refractivity contribution in [3.63, 3.8) is 0 Å². The molecule has 0 bridgehead atoms. The second kappa shape index (κ2) is 7.92. The molecule has 4 nitrogen and oxygen atoms in total. The molecule has 0 saturated heterocycles. The van der Waals surface area contributed by atoms with Gasteiger partial charge in [-0.3, -0.25) is 0 Å². The molecule has 28 heavy (non-hydrogen) atoms. The van der Waals surface area contributed by atoms with Crippen molar-refractivity contribution < 1.29 is 27.8 Å². The number of hydrogen-bond acceptors (Lipinski definition) is 4. The Labute approximate surface area is 161 Å². The van der Waals surface area contributed by atoms with E-state index in [0.29, 0.717) is 28.0 Å². The van der Waals surface area contributed by atoms with E-state index in [1.54, 1.807) is 36.4 Å². The Morgan fingerprint density at radius 3 is 1.75 bits per heavy atom. The molecular weight excluding hydrogens is 366 g/mol. The highest BCUT2D eigenvalue weighted by atomic mass is 19.1. The van der Waals surface area contributed by atoms with Gasteiger partial charge >= 0.3 is 11.9 Å². The van der Waals surface area contributed by atoms with Crippen molar-refractivity contribution in [2.75, 3.05) is 0 Å². The first-order chi connectivity index (χ1) is 13.3. The molecule has 2 atom stereocenters. The molecule has 0 amide bonds. The summed E-state index contributed by atoms with van der Waals surface area (Å²) < 4.78 is 37.7. The van der Waals surface area contributed by atoms with E-state index in [2.05, 4.69) is 0 Å². The van der Waals surface area contributed by atoms with Gasteiger partial charge in [0, 0.05) is 21.5 Å². The van der Waals surface area contributed by atoms with Crippen molar-refractivity contribution >= 4 is 33.5 Å². The lowest BCUT2D eigenvalue weighted by molar-refractivity contribution is -0.140. The van der Waals surface area contributed by atoms with Gasteiger partial charge in [0.25, 0.3) is 0 Å². The molecule has 146 valence electrons. The number of carbonyl (C=O) groups excluding carboxylic acids is 2. The van der Waals surface area contributed by atoms with Crippen LogP contribution in [0.5, 0.6) is 11.5 Å². The van der Waals surface area contributed by atoms with E-state index < -0.39 is 24.3 Å². The van der Waals surface area contributed by atoms with Crippen LogP contribution in [0.15, 0.2) is 42.5 Å². The summed E-state index contributed by atoms with van der Waals surface area (Å²) in [6.07, 6.45) is -2.88. The minimum Gasteiger partial charge on any atom is -0.423 e. The van der Waals surface area contributed by atoms with Crippen LogP contribution in [0.1, 0.15) is 26.3 Å². The molecule has 0 aromatic heterocycles. The molecule has 3 aromatic rings. The van der Waals surface area contributed by atoms with Crippen molar-refractivity contribution in [2.45, 2.75) is 39.5 Å². The Hall–Kier alpha value is -3.02. The van der Waals surface area contributed by atoms with Crippen LogP contribution in [0.3, 0.4) is 0 Å². The van der Waals surface area contributed by atoms with Crippen LogP contribution in [0.2, 0.25) is 0 Å². The van der Waals surface area contributed by atoms with Gasteiger partial charge in [-0.15, -0.1) is 0 Å². The van der Waals surface area contributed by atoms with E-state index in [9.17, 15) is 18.4 Å². The number of fused-ring (bicyclic) bond motifs is 2. The summed E-state index contributed by atoms with van der Waals surface area (Å²) in [6, 6.07) is 12.1. The summed E-state index contributed by atoms with van der Waals surface area (Å²) in [7, 11) is 0. The maximum absolute atomic E-state index is 13.5. The predicted octanol–water partition coefficient (Wildman–Crippen LogP) is 5.08. The largest absolute Gasteiger partial charge is 0.423 e. The van der Waals surface area contributed by atoms with E-state index in [4.69, 9.17) is 9.47 Å². The van der Waals surface area contributed by atoms with Crippen LogP contribution in [0, 0.1) is 0 Å². The molecule has 6 heteroatoms. The molecule has 0 spiro atoms. The molecule has 2 unspecified atom stereocenters. The zero-order valence-electron chi connectivity index (χ0n) is 15.8. The Balaban J connectivity index is 2.36. The quantitative estimate of drug-likeness (QED) is 0.349. The third kappa shape index (κ3) is 3.67. The fourth-order valence-corrected chi connectivity index (χ4v) is 2.95. The van der Waals surface area contributed by atoms with Gasteiger partial charge in [-0.1, -0.05) is 43.3 Å². The second-order valence-electron chi connectivity index (χ2n) is 6.51. The summed E-state index contributed by atoms with van der Waals surface area (Å²) in [5.41, 5.74) is 0.949. The van der Waals surface area contributed by atoms with E-state index in [1.165, 1.54) is 0 Å². The molecule has 0 N–H and O–H groups in total. The molecule has 0 aliphatic heterocycles. The summed E-state index contributed by atoms with van der Waals surface area (Å²) in [5.74, 6) is -1.68. The number of rotatable bonds is 5. The van der Waals surface area contributed by atoms with E-state index in [1.807, 2.05) is 13.0 Å². The zero-order valence-corrected chi connectivity index (χ0v) is 15.8. The number of esters is 2. The standard InChI is InChI=1S/C22H20F2O4/c1-4-14-9-10-17-18(11-14)20(28-22(26)13(3)24)16-8-6-5-7-15(16)19(17)27-21(25)12(2)23/h5-13H,4H2,1-3H3. The van der Waals surface area contributed by atoms with Crippen LogP contribution in [0.25, 0.3) is 21.5 Å². The third-order valence-electron chi connectivity index (χ3n) is 4.45. The average molecular weight is 386 g/mol. The minimum absolute atomic E-state index is 0.177. The van der Waals surface area contributed by atoms with Gasteiger partial charge in [0.2, 0.25) is 0 Å². The molecule has 3 rings (SSSR count). The Kier molecular flexibility index (Phi) is 5.58. The lowest BCUT2D eigenvalue weighted by atomic mass is 9.98. The molecule has 3 aromatic carbocycles. The maximum Gasteiger partial charge on any atom is 0.345 e.